The van der Waals surface area contributed by atoms with Crippen LogP contribution in [0, 0.1) is 11.6 Å². The lowest BCUT2D eigenvalue weighted by molar-refractivity contribution is -0.119. The topological polar surface area (TPSA) is 29.1 Å². The Morgan fingerprint density at radius 2 is 1.87 bits per heavy atom. The van der Waals surface area contributed by atoms with Gasteiger partial charge in [-0.3, -0.25) is 4.79 Å². The van der Waals surface area contributed by atoms with Crippen molar-refractivity contribution in [3.8, 4) is 0 Å². The van der Waals surface area contributed by atoms with Crippen LogP contribution in [-0.2, 0) is 11.2 Å². The first kappa shape index (κ1) is 17.5. The summed E-state index contributed by atoms with van der Waals surface area (Å²) in [7, 11) is 0. The monoisotopic (exact) mass is 335 g/mol. The average molecular weight is 335 g/mol. The molecule has 0 aliphatic carbocycles. The lowest BCUT2D eigenvalue weighted by Crippen LogP contribution is -2.34. The van der Waals surface area contributed by atoms with Gasteiger partial charge in [0.15, 0.2) is 11.6 Å². The summed E-state index contributed by atoms with van der Waals surface area (Å²) in [4.78, 5) is 12.4. The van der Waals surface area contributed by atoms with Crippen LogP contribution in [-0.4, -0.2) is 17.7 Å². The minimum atomic E-state index is -0.897. The summed E-state index contributed by atoms with van der Waals surface area (Å²) in [6.45, 7) is 1.96. The van der Waals surface area contributed by atoms with Crippen LogP contribution >= 0.6 is 11.8 Å². The highest BCUT2D eigenvalue weighted by Crippen LogP contribution is 2.20. The second kappa shape index (κ2) is 8.67. The van der Waals surface area contributed by atoms with E-state index in [1.165, 1.54) is 23.4 Å². The molecule has 0 aromatic heterocycles. The van der Waals surface area contributed by atoms with Crippen LogP contribution in [0.4, 0.5) is 8.78 Å². The number of thioether (sulfide) groups is 1. The number of carbonyl (C=O) groups is 1. The summed E-state index contributed by atoms with van der Waals surface area (Å²) in [5, 5.41) is 2.92. The van der Waals surface area contributed by atoms with E-state index in [0.29, 0.717) is 4.90 Å². The number of hydrogen-bond acceptors (Lipinski definition) is 2. The van der Waals surface area contributed by atoms with Crippen molar-refractivity contribution in [3.63, 3.8) is 0 Å². The van der Waals surface area contributed by atoms with E-state index in [2.05, 4.69) is 17.4 Å². The number of halogens is 2. The van der Waals surface area contributed by atoms with Crippen LogP contribution in [0.2, 0.25) is 0 Å². The highest BCUT2D eigenvalue weighted by molar-refractivity contribution is 8.00. The molecule has 0 fully saturated rings. The average Bonchev–Trinajstić information content (AvgIpc) is 2.55. The van der Waals surface area contributed by atoms with Gasteiger partial charge < -0.3 is 5.32 Å². The van der Waals surface area contributed by atoms with Gasteiger partial charge in [0.1, 0.15) is 0 Å². The molecular weight excluding hydrogens is 316 g/mol. The number of carbonyl (C=O) groups excluding carboxylic acids is 1. The van der Waals surface area contributed by atoms with Gasteiger partial charge in [0.2, 0.25) is 5.91 Å². The SMILES string of the molecule is CC(CCc1ccccc1)NC(=O)CSc1ccc(F)c(F)c1. The predicted octanol–water partition coefficient (Wildman–Crippen LogP) is 4.19. The molecule has 0 saturated heterocycles. The summed E-state index contributed by atoms with van der Waals surface area (Å²) in [5.41, 5.74) is 1.24. The van der Waals surface area contributed by atoms with E-state index in [1.54, 1.807) is 0 Å². The van der Waals surface area contributed by atoms with Crippen LogP contribution < -0.4 is 5.32 Å². The van der Waals surface area contributed by atoms with Crippen LogP contribution in [0.15, 0.2) is 53.4 Å². The van der Waals surface area contributed by atoms with Gasteiger partial charge in [-0.05, 0) is 43.5 Å². The van der Waals surface area contributed by atoms with Gasteiger partial charge in [-0.25, -0.2) is 8.78 Å². The van der Waals surface area contributed by atoms with Gasteiger partial charge in [0, 0.05) is 10.9 Å². The van der Waals surface area contributed by atoms with Crippen LogP contribution in [0.1, 0.15) is 18.9 Å². The van der Waals surface area contributed by atoms with Gasteiger partial charge in [0.05, 0.1) is 5.75 Å². The van der Waals surface area contributed by atoms with Crippen molar-refractivity contribution in [3.05, 3.63) is 65.7 Å². The lowest BCUT2D eigenvalue weighted by atomic mass is 10.1. The minimum Gasteiger partial charge on any atom is -0.353 e. The van der Waals surface area contributed by atoms with Crippen molar-refractivity contribution < 1.29 is 13.6 Å². The fourth-order valence-corrected chi connectivity index (χ4v) is 2.86. The Bertz CT molecular complexity index is 649. The van der Waals surface area contributed by atoms with E-state index in [-0.39, 0.29) is 17.7 Å². The van der Waals surface area contributed by atoms with Crippen molar-refractivity contribution >= 4 is 17.7 Å². The Morgan fingerprint density at radius 3 is 2.57 bits per heavy atom. The maximum atomic E-state index is 13.1. The maximum absolute atomic E-state index is 13.1. The number of hydrogen-bond donors (Lipinski definition) is 1. The summed E-state index contributed by atoms with van der Waals surface area (Å²) < 4.78 is 25.9. The molecule has 0 saturated carbocycles. The van der Waals surface area contributed by atoms with E-state index >= 15 is 0 Å². The fraction of sp³-hybridized carbons (Fsp3) is 0.278. The third-order valence-corrected chi connectivity index (χ3v) is 4.37. The molecule has 1 N–H and O–H groups in total. The zero-order valence-corrected chi connectivity index (χ0v) is 13.7. The largest absolute Gasteiger partial charge is 0.353 e. The van der Waals surface area contributed by atoms with E-state index in [1.807, 2.05) is 25.1 Å². The lowest BCUT2D eigenvalue weighted by Gasteiger charge is -2.13. The maximum Gasteiger partial charge on any atom is 0.230 e. The Morgan fingerprint density at radius 1 is 1.13 bits per heavy atom. The van der Waals surface area contributed by atoms with E-state index < -0.39 is 11.6 Å². The normalized spacial score (nSPS) is 12.0. The summed E-state index contributed by atoms with van der Waals surface area (Å²) in [6.07, 6.45) is 1.75. The fourth-order valence-electron chi connectivity index (χ4n) is 2.13. The standard InChI is InChI=1S/C18H19F2NOS/c1-13(7-8-14-5-3-2-4-6-14)21-18(22)12-23-15-9-10-16(19)17(20)11-15/h2-6,9-11,13H,7-8,12H2,1H3,(H,21,22). The molecular formula is C18H19F2NOS. The quantitative estimate of drug-likeness (QED) is 0.769. The third kappa shape index (κ3) is 6.02. The van der Waals surface area contributed by atoms with Gasteiger partial charge in [-0.1, -0.05) is 30.3 Å². The molecule has 2 rings (SSSR count). The van der Waals surface area contributed by atoms with E-state index in [9.17, 15) is 13.6 Å². The Labute approximate surface area is 139 Å². The minimum absolute atomic E-state index is 0.0632. The second-order valence-corrected chi connectivity index (χ2v) is 6.41. The molecule has 0 heterocycles. The molecule has 23 heavy (non-hydrogen) atoms. The van der Waals surface area contributed by atoms with E-state index in [4.69, 9.17) is 0 Å². The number of rotatable bonds is 7. The van der Waals surface area contributed by atoms with Gasteiger partial charge >= 0.3 is 0 Å². The Hall–Kier alpha value is -1.88. The molecule has 2 nitrogen and oxygen atoms in total. The zero-order valence-electron chi connectivity index (χ0n) is 12.9. The van der Waals surface area contributed by atoms with Crippen molar-refractivity contribution in [1.29, 1.82) is 0 Å². The molecule has 2 aromatic carbocycles. The molecule has 0 bridgehead atoms. The molecule has 1 amide bonds. The Kier molecular flexibility index (Phi) is 6.59. The molecule has 0 radical (unpaired) electrons. The number of benzene rings is 2. The van der Waals surface area contributed by atoms with Crippen LogP contribution in [0.5, 0.6) is 0 Å². The molecule has 1 atom stereocenters. The molecule has 0 aliphatic heterocycles. The second-order valence-electron chi connectivity index (χ2n) is 5.36. The number of aryl methyl sites for hydroxylation is 1. The molecule has 0 spiro atoms. The highest BCUT2D eigenvalue weighted by atomic mass is 32.2. The molecule has 122 valence electrons. The highest BCUT2D eigenvalue weighted by Gasteiger charge is 2.09. The molecule has 5 heteroatoms. The number of amides is 1. The third-order valence-electron chi connectivity index (χ3n) is 3.38. The first-order valence-corrected chi connectivity index (χ1v) is 8.44. The number of nitrogens with one attached hydrogen (secondary N) is 1. The van der Waals surface area contributed by atoms with E-state index in [0.717, 1.165) is 25.0 Å². The van der Waals surface area contributed by atoms with Crippen molar-refractivity contribution in [2.24, 2.45) is 0 Å². The van der Waals surface area contributed by atoms with Gasteiger partial charge in [0.25, 0.3) is 0 Å². The summed E-state index contributed by atoms with van der Waals surface area (Å²) in [6, 6.07) is 13.8. The predicted molar refractivity (Wildman–Crippen MR) is 89.4 cm³/mol. The van der Waals surface area contributed by atoms with Crippen LogP contribution in [0.25, 0.3) is 0 Å². The smallest absolute Gasteiger partial charge is 0.230 e. The summed E-state index contributed by atoms with van der Waals surface area (Å²) >= 11 is 1.19. The zero-order chi connectivity index (χ0) is 16.7. The molecule has 2 aromatic rings. The van der Waals surface area contributed by atoms with Crippen molar-refractivity contribution in [2.75, 3.05) is 5.75 Å². The Balaban J connectivity index is 1.72. The van der Waals surface area contributed by atoms with Crippen molar-refractivity contribution in [1.82, 2.24) is 5.32 Å². The summed E-state index contributed by atoms with van der Waals surface area (Å²) in [5.74, 6) is -1.71. The van der Waals surface area contributed by atoms with Crippen LogP contribution in [0.3, 0.4) is 0 Å². The molecule has 0 aliphatic rings. The van der Waals surface area contributed by atoms with Gasteiger partial charge in [-0.15, -0.1) is 11.8 Å². The first-order chi connectivity index (χ1) is 11.0. The van der Waals surface area contributed by atoms with Crippen molar-refractivity contribution in [2.45, 2.75) is 30.7 Å². The first-order valence-electron chi connectivity index (χ1n) is 7.45. The van der Waals surface area contributed by atoms with Gasteiger partial charge in [-0.2, -0.15) is 0 Å². The molecule has 1 unspecified atom stereocenters.